The highest BCUT2D eigenvalue weighted by Gasteiger charge is 2.57. The van der Waals surface area contributed by atoms with Crippen LogP contribution in [0.25, 0.3) is 0 Å². The van der Waals surface area contributed by atoms with Crippen LogP contribution in [-0.4, -0.2) is 55.1 Å². The molecular weight excluding hydrogens is 701 g/mol. The van der Waals surface area contributed by atoms with Crippen LogP contribution in [0.2, 0.25) is 0 Å². The van der Waals surface area contributed by atoms with Crippen LogP contribution in [0.5, 0.6) is 0 Å². The summed E-state index contributed by atoms with van der Waals surface area (Å²) in [7, 11) is 0. The molecule has 56 heavy (non-hydrogen) atoms. The summed E-state index contributed by atoms with van der Waals surface area (Å²) in [6.07, 6.45) is 2.97. The van der Waals surface area contributed by atoms with E-state index in [-0.39, 0.29) is 19.8 Å². The summed E-state index contributed by atoms with van der Waals surface area (Å²) in [4.78, 5) is 13.3. The molecule has 7 heteroatoms. The average molecular weight is 755 g/mol. The molecule has 0 aliphatic carbocycles. The Morgan fingerprint density at radius 1 is 0.696 bits per heavy atom. The predicted octanol–water partition coefficient (Wildman–Crippen LogP) is 8.87. The molecule has 0 saturated carbocycles. The Hall–Kier alpha value is -4.73. The van der Waals surface area contributed by atoms with Crippen LogP contribution in [0, 0.1) is 6.92 Å². The van der Waals surface area contributed by atoms with Gasteiger partial charge in [-0.25, -0.2) is 0 Å². The molecule has 292 valence electrons. The first-order chi connectivity index (χ1) is 27.5. The summed E-state index contributed by atoms with van der Waals surface area (Å²) >= 11 is 0. The fourth-order valence-corrected chi connectivity index (χ4v) is 7.21. The molecule has 5 atom stereocenters. The van der Waals surface area contributed by atoms with Crippen LogP contribution in [0.3, 0.4) is 0 Å². The first-order valence-corrected chi connectivity index (χ1v) is 19.6. The first-order valence-electron chi connectivity index (χ1n) is 19.6. The monoisotopic (exact) mass is 754 g/mol. The van der Waals surface area contributed by atoms with Crippen molar-refractivity contribution in [2.75, 3.05) is 19.8 Å². The Balaban J connectivity index is 1.31. The quantitative estimate of drug-likeness (QED) is 0.0456. The van der Waals surface area contributed by atoms with E-state index in [2.05, 4.69) is 49.9 Å². The van der Waals surface area contributed by atoms with E-state index in [0.717, 1.165) is 59.3 Å². The highest BCUT2D eigenvalue weighted by molar-refractivity contribution is 5.65. The number of aliphatic hydroxyl groups excluding tert-OH is 1. The molecule has 0 amide bonds. The number of carbonyl (C=O) groups is 1. The molecule has 7 nitrogen and oxygen atoms in total. The normalized spacial score (nSPS) is 20.8. The molecule has 1 N–H and O–H groups in total. The number of hydrogen-bond acceptors (Lipinski definition) is 7. The second-order valence-electron chi connectivity index (χ2n) is 14.5. The van der Waals surface area contributed by atoms with E-state index in [1.807, 2.05) is 97.1 Å². The van der Waals surface area contributed by atoms with E-state index in [1.165, 1.54) is 11.1 Å². The van der Waals surface area contributed by atoms with Crippen LogP contribution in [0.4, 0.5) is 0 Å². The van der Waals surface area contributed by atoms with E-state index in [0.29, 0.717) is 19.3 Å². The van der Waals surface area contributed by atoms with Crippen molar-refractivity contribution in [3.8, 4) is 0 Å². The van der Waals surface area contributed by atoms with Gasteiger partial charge in [-0.15, -0.1) is 6.58 Å². The Morgan fingerprint density at radius 3 is 1.84 bits per heavy atom. The number of carbonyl (C=O) groups excluding carboxylic acids is 1. The van der Waals surface area contributed by atoms with E-state index < -0.39 is 36.6 Å². The molecule has 1 aliphatic heterocycles. The summed E-state index contributed by atoms with van der Waals surface area (Å²) in [5.41, 5.74) is 6.72. The Bertz CT molecular complexity index is 1920. The summed E-state index contributed by atoms with van der Waals surface area (Å²) in [5.74, 6) is 0. The molecule has 1 saturated heterocycles. The van der Waals surface area contributed by atoms with Crippen molar-refractivity contribution in [1.82, 2.24) is 0 Å². The van der Waals surface area contributed by atoms with Gasteiger partial charge in [0.15, 0.2) is 11.9 Å². The van der Waals surface area contributed by atoms with Crippen LogP contribution >= 0.6 is 0 Å². The van der Waals surface area contributed by atoms with Crippen LogP contribution in [0.1, 0.15) is 63.5 Å². The van der Waals surface area contributed by atoms with Gasteiger partial charge in [-0.2, -0.15) is 0 Å². The lowest BCUT2D eigenvalue weighted by molar-refractivity contribution is -0.297. The molecule has 0 aromatic heterocycles. The largest absolute Gasteiger partial charge is 0.393 e. The summed E-state index contributed by atoms with van der Waals surface area (Å²) < 4.78 is 32.5. The molecular formula is C49H54O7. The second-order valence-corrected chi connectivity index (χ2v) is 14.5. The fourth-order valence-electron chi connectivity index (χ4n) is 7.21. The minimum absolute atomic E-state index is 0.184. The zero-order valence-electron chi connectivity index (χ0n) is 32.3. The third-order valence-electron chi connectivity index (χ3n) is 10.4. The predicted molar refractivity (Wildman–Crippen MR) is 219 cm³/mol. The van der Waals surface area contributed by atoms with Gasteiger partial charge in [0.25, 0.3) is 0 Å². The van der Waals surface area contributed by atoms with Crippen molar-refractivity contribution in [3.05, 3.63) is 191 Å². The van der Waals surface area contributed by atoms with E-state index in [9.17, 15) is 9.90 Å². The van der Waals surface area contributed by atoms with Crippen molar-refractivity contribution in [1.29, 1.82) is 0 Å². The molecule has 0 spiro atoms. The molecule has 5 aromatic rings. The number of unbranched alkanes of at least 4 members (excludes halogenated alkanes) is 1. The third kappa shape index (κ3) is 11.0. The van der Waals surface area contributed by atoms with Gasteiger partial charge < -0.3 is 28.8 Å². The van der Waals surface area contributed by atoms with Gasteiger partial charge in [-0.05, 0) is 77.1 Å². The maximum absolute atomic E-state index is 13.3. The zero-order valence-corrected chi connectivity index (χ0v) is 32.3. The summed E-state index contributed by atoms with van der Waals surface area (Å²) in [6, 6.07) is 44.6. The Kier molecular flexibility index (Phi) is 15.3. The van der Waals surface area contributed by atoms with Gasteiger partial charge in [0, 0.05) is 6.61 Å². The SMILES string of the molecule is C=CCOCCCCc1ccc(Cc2cc(C3O[C@](C=O)(CO)[C@@H](OCc4ccccc4)C(OCc4ccccc4)[C@H]3OCc3ccccc3)ccc2C)cc1. The second kappa shape index (κ2) is 21.0. The maximum atomic E-state index is 13.3. The van der Waals surface area contributed by atoms with Crippen molar-refractivity contribution >= 4 is 6.29 Å². The minimum atomic E-state index is -1.73. The number of aldehydes is 1. The maximum Gasteiger partial charge on any atom is 0.175 e. The smallest absolute Gasteiger partial charge is 0.175 e. The van der Waals surface area contributed by atoms with Gasteiger partial charge in [-0.3, -0.25) is 4.79 Å². The topological polar surface area (TPSA) is 83.5 Å². The molecule has 5 aromatic carbocycles. The Labute approximate surface area is 331 Å². The number of aryl methyl sites for hydroxylation is 2. The van der Waals surface area contributed by atoms with E-state index >= 15 is 0 Å². The van der Waals surface area contributed by atoms with Crippen molar-refractivity contribution in [3.63, 3.8) is 0 Å². The number of benzene rings is 5. The van der Waals surface area contributed by atoms with E-state index in [4.69, 9.17) is 23.7 Å². The molecule has 6 rings (SSSR count). The third-order valence-corrected chi connectivity index (χ3v) is 10.4. The van der Waals surface area contributed by atoms with Crippen molar-refractivity contribution < 1.29 is 33.6 Å². The van der Waals surface area contributed by atoms with Gasteiger partial charge in [0.2, 0.25) is 0 Å². The number of hydrogen-bond donors (Lipinski definition) is 1. The summed E-state index contributed by atoms with van der Waals surface area (Å²) in [6.45, 7) is 7.25. The van der Waals surface area contributed by atoms with Gasteiger partial charge in [0.1, 0.15) is 24.4 Å². The van der Waals surface area contributed by atoms with Crippen LogP contribution in [0.15, 0.2) is 146 Å². The number of rotatable bonds is 21. The lowest BCUT2D eigenvalue weighted by atomic mass is 9.82. The first kappa shape index (κ1) is 40.9. The van der Waals surface area contributed by atoms with Crippen LogP contribution < -0.4 is 0 Å². The van der Waals surface area contributed by atoms with Crippen molar-refractivity contribution in [2.45, 2.75) is 82.4 Å². The lowest BCUT2D eigenvalue weighted by Gasteiger charge is -2.50. The van der Waals surface area contributed by atoms with Gasteiger partial charge >= 0.3 is 0 Å². The minimum Gasteiger partial charge on any atom is -0.393 e. The number of ether oxygens (including phenoxy) is 5. The molecule has 1 aliphatic rings. The molecule has 2 unspecified atom stereocenters. The molecule has 1 heterocycles. The zero-order chi connectivity index (χ0) is 39.0. The molecule has 0 radical (unpaired) electrons. The molecule has 1 fully saturated rings. The summed E-state index contributed by atoms with van der Waals surface area (Å²) in [5, 5.41) is 11.0. The lowest BCUT2D eigenvalue weighted by Crippen LogP contribution is -2.66. The standard InChI is InChI=1S/C49H54O7/c1-3-28-52-29-14-13-15-38-23-25-39(26-24-38)30-44-31-43(27-22-37(44)2)45-46(53-32-40-16-7-4-8-17-40)47(54-33-41-18-9-5-10-19-41)48(49(35-50,36-51)56-45)55-34-42-20-11-6-12-21-42/h3-12,16-27,31,35,45-48,51H,1,13-15,28-30,32-34,36H2,2H3/t45?,46-,47?,48-,49+/m0/s1. The van der Waals surface area contributed by atoms with Crippen LogP contribution in [-0.2, 0) is 61.1 Å². The van der Waals surface area contributed by atoms with Crippen molar-refractivity contribution in [2.24, 2.45) is 0 Å². The highest BCUT2D eigenvalue weighted by atomic mass is 16.6. The van der Waals surface area contributed by atoms with Gasteiger partial charge in [0.05, 0.1) is 33.0 Å². The highest BCUT2D eigenvalue weighted by Crippen LogP contribution is 2.43. The van der Waals surface area contributed by atoms with Gasteiger partial charge in [-0.1, -0.05) is 140 Å². The van der Waals surface area contributed by atoms with E-state index in [1.54, 1.807) is 6.08 Å². The number of aliphatic hydroxyl groups is 1. The Morgan fingerprint density at radius 2 is 1.27 bits per heavy atom. The molecule has 0 bridgehead atoms. The average Bonchev–Trinajstić information content (AvgIpc) is 3.25. The fraction of sp³-hybridized carbons (Fsp3) is 0.327.